The predicted octanol–water partition coefficient (Wildman–Crippen LogP) is 2.10. The van der Waals surface area contributed by atoms with Gasteiger partial charge in [0.2, 0.25) is 5.79 Å². The van der Waals surface area contributed by atoms with Crippen LogP contribution in [0.25, 0.3) is 0 Å². The van der Waals surface area contributed by atoms with Gasteiger partial charge in [0.1, 0.15) is 6.61 Å². The molecule has 0 radical (unpaired) electrons. The molecular weight excluding hydrogens is 232 g/mol. The first kappa shape index (κ1) is 13.2. The Morgan fingerprint density at radius 3 is 2.61 bits per heavy atom. The molecule has 4 heteroatoms. The van der Waals surface area contributed by atoms with Crippen LogP contribution in [-0.4, -0.2) is 32.9 Å². The Balaban J connectivity index is 1.84. The fraction of sp³-hybridized carbons (Fsp3) is 0.429. The summed E-state index contributed by atoms with van der Waals surface area (Å²) in [5.74, 6) is -0.838. The molecule has 0 saturated heterocycles. The topological polar surface area (TPSA) is 36.9 Å². The largest absolute Gasteiger partial charge is 0.371 e. The van der Waals surface area contributed by atoms with Gasteiger partial charge in [-0.25, -0.2) is 0 Å². The van der Waals surface area contributed by atoms with E-state index in [2.05, 4.69) is 0 Å². The average molecular weight is 250 g/mol. The molecule has 2 atom stereocenters. The zero-order valence-corrected chi connectivity index (χ0v) is 10.7. The Labute approximate surface area is 107 Å². The summed E-state index contributed by atoms with van der Waals surface area (Å²) in [7, 11) is 3.18. The van der Waals surface area contributed by atoms with Crippen LogP contribution in [0.1, 0.15) is 5.56 Å². The predicted molar refractivity (Wildman–Crippen MR) is 66.9 cm³/mol. The molecule has 0 N–H and O–H groups in total. The monoisotopic (exact) mass is 250 g/mol. The maximum atomic E-state index is 5.63. The number of hydrogen-bond donors (Lipinski definition) is 0. The third kappa shape index (κ3) is 3.17. The molecule has 0 fully saturated rings. The molecule has 1 aliphatic heterocycles. The second-order valence-corrected chi connectivity index (χ2v) is 4.08. The van der Waals surface area contributed by atoms with Crippen molar-refractivity contribution in [2.24, 2.45) is 0 Å². The van der Waals surface area contributed by atoms with E-state index in [4.69, 9.17) is 18.9 Å². The van der Waals surface area contributed by atoms with Gasteiger partial charge in [-0.15, -0.1) is 0 Å². The van der Waals surface area contributed by atoms with Crippen molar-refractivity contribution in [2.75, 3.05) is 20.8 Å². The highest BCUT2D eigenvalue weighted by atomic mass is 16.8. The van der Waals surface area contributed by atoms with Crippen molar-refractivity contribution in [1.29, 1.82) is 0 Å². The lowest BCUT2D eigenvalue weighted by Crippen LogP contribution is -2.37. The number of rotatable bonds is 6. The van der Waals surface area contributed by atoms with Crippen molar-refractivity contribution in [2.45, 2.75) is 18.7 Å². The van der Waals surface area contributed by atoms with E-state index >= 15 is 0 Å². The Kier molecular flexibility index (Phi) is 4.49. The summed E-state index contributed by atoms with van der Waals surface area (Å²) in [5.41, 5.74) is 1.12. The summed E-state index contributed by atoms with van der Waals surface area (Å²) in [4.78, 5) is 0. The first-order valence-electron chi connectivity index (χ1n) is 5.85. The highest BCUT2D eigenvalue weighted by molar-refractivity contribution is 5.13. The van der Waals surface area contributed by atoms with Crippen molar-refractivity contribution < 1.29 is 18.9 Å². The Bertz CT molecular complexity index is 390. The minimum Gasteiger partial charge on any atom is -0.371 e. The van der Waals surface area contributed by atoms with Gasteiger partial charge < -0.3 is 18.9 Å². The molecule has 0 bridgehead atoms. The van der Waals surface area contributed by atoms with Gasteiger partial charge in [0.05, 0.1) is 6.61 Å². The highest BCUT2D eigenvalue weighted by Gasteiger charge is 2.36. The van der Waals surface area contributed by atoms with E-state index in [0.717, 1.165) is 5.56 Å². The van der Waals surface area contributed by atoms with Gasteiger partial charge in [-0.05, 0) is 17.7 Å². The van der Waals surface area contributed by atoms with Gasteiger partial charge in [0.25, 0.3) is 0 Å². The van der Waals surface area contributed by atoms with Crippen LogP contribution in [0.15, 0.2) is 42.5 Å². The maximum absolute atomic E-state index is 5.63. The fourth-order valence-corrected chi connectivity index (χ4v) is 1.77. The molecule has 4 nitrogen and oxygen atoms in total. The number of benzene rings is 1. The molecule has 18 heavy (non-hydrogen) atoms. The molecule has 0 aromatic heterocycles. The van der Waals surface area contributed by atoms with Gasteiger partial charge in [0.15, 0.2) is 6.29 Å². The summed E-state index contributed by atoms with van der Waals surface area (Å²) < 4.78 is 21.7. The van der Waals surface area contributed by atoms with Gasteiger partial charge >= 0.3 is 0 Å². The molecule has 2 rings (SSSR count). The van der Waals surface area contributed by atoms with E-state index in [1.807, 2.05) is 42.5 Å². The van der Waals surface area contributed by atoms with Crippen molar-refractivity contribution >= 4 is 0 Å². The molecule has 1 aliphatic rings. The standard InChI is InChI=1S/C14H18O4/c1-15-13-8-9-14(16-2,18-13)11-17-10-12-6-4-3-5-7-12/h3-9,13H,10-11H2,1-2H3. The van der Waals surface area contributed by atoms with Gasteiger partial charge in [-0.3, -0.25) is 0 Å². The van der Waals surface area contributed by atoms with Gasteiger partial charge in [0, 0.05) is 14.2 Å². The second kappa shape index (κ2) is 6.11. The number of methoxy groups -OCH3 is 2. The van der Waals surface area contributed by atoms with Crippen LogP contribution < -0.4 is 0 Å². The molecular formula is C14H18O4. The van der Waals surface area contributed by atoms with Crippen LogP contribution in [0.4, 0.5) is 0 Å². The zero-order chi connectivity index (χ0) is 12.8. The van der Waals surface area contributed by atoms with Crippen LogP contribution in [0, 0.1) is 0 Å². The first-order chi connectivity index (χ1) is 8.78. The summed E-state index contributed by atoms with van der Waals surface area (Å²) >= 11 is 0. The zero-order valence-electron chi connectivity index (χ0n) is 10.7. The van der Waals surface area contributed by atoms with E-state index in [9.17, 15) is 0 Å². The Morgan fingerprint density at radius 2 is 2.00 bits per heavy atom. The van der Waals surface area contributed by atoms with Gasteiger partial charge in [-0.2, -0.15) is 0 Å². The van der Waals surface area contributed by atoms with E-state index in [0.29, 0.717) is 13.2 Å². The molecule has 0 spiro atoms. The maximum Gasteiger partial charge on any atom is 0.214 e. The third-order valence-electron chi connectivity index (χ3n) is 2.82. The summed E-state index contributed by atoms with van der Waals surface area (Å²) in [6.45, 7) is 0.857. The molecule has 0 aliphatic carbocycles. The lowest BCUT2D eigenvalue weighted by Gasteiger charge is -2.26. The van der Waals surface area contributed by atoms with E-state index in [-0.39, 0.29) is 6.29 Å². The van der Waals surface area contributed by atoms with E-state index in [1.54, 1.807) is 14.2 Å². The van der Waals surface area contributed by atoms with Crippen LogP contribution in [0.2, 0.25) is 0 Å². The minimum atomic E-state index is -0.838. The lowest BCUT2D eigenvalue weighted by atomic mass is 10.2. The molecule has 2 unspecified atom stereocenters. The SMILES string of the molecule is COC1C=CC(COCc2ccccc2)(OC)O1. The van der Waals surface area contributed by atoms with Crippen LogP contribution in [0.5, 0.6) is 0 Å². The second-order valence-electron chi connectivity index (χ2n) is 4.08. The summed E-state index contributed by atoms with van der Waals surface area (Å²) in [5, 5.41) is 0. The van der Waals surface area contributed by atoms with Crippen molar-refractivity contribution in [3.63, 3.8) is 0 Å². The summed E-state index contributed by atoms with van der Waals surface area (Å²) in [6, 6.07) is 9.98. The molecule has 0 saturated carbocycles. The van der Waals surface area contributed by atoms with Crippen molar-refractivity contribution in [3.8, 4) is 0 Å². The molecule has 98 valence electrons. The molecule has 1 aromatic rings. The lowest BCUT2D eigenvalue weighted by molar-refractivity contribution is -0.261. The number of ether oxygens (including phenoxy) is 4. The molecule has 0 amide bonds. The highest BCUT2D eigenvalue weighted by Crippen LogP contribution is 2.25. The van der Waals surface area contributed by atoms with Crippen LogP contribution in [0.3, 0.4) is 0 Å². The number of hydrogen-bond acceptors (Lipinski definition) is 4. The molecule has 1 heterocycles. The average Bonchev–Trinajstić information content (AvgIpc) is 2.84. The Hall–Kier alpha value is -1.20. The van der Waals surface area contributed by atoms with E-state index < -0.39 is 5.79 Å². The van der Waals surface area contributed by atoms with Crippen LogP contribution >= 0.6 is 0 Å². The first-order valence-corrected chi connectivity index (χ1v) is 5.85. The quantitative estimate of drug-likeness (QED) is 0.725. The molecule has 1 aromatic carbocycles. The smallest absolute Gasteiger partial charge is 0.214 e. The normalized spacial score (nSPS) is 26.7. The van der Waals surface area contributed by atoms with Gasteiger partial charge in [-0.1, -0.05) is 30.3 Å². The minimum absolute atomic E-state index is 0.328. The Morgan fingerprint density at radius 1 is 1.22 bits per heavy atom. The van der Waals surface area contributed by atoms with E-state index in [1.165, 1.54) is 0 Å². The van der Waals surface area contributed by atoms with Crippen molar-refractivity contribution in [3.05, 3.63) is 48.0 Å². The fourth-order valence-electron chi connectivity index (χ4n) is 1.77. The van der Waals surface area contributed by atoms with Crippen LogP contribution in [-0.2, 0) is 25.6 Å². The summed E-state index contributed by atoms with van der Waals surface area (Å²) in [6.07, 6.45) is 3.27. The van der Waals surface area contributed by atoms with Crippen molar-refractivity contribution in [1.82, 2.24) is 0 Å². The third-order valence-corrected chi connectivity index (χ3v) is 2.82.